The van der Waals surface area contributed by atoms with E-state index in [2.05, 4.69) is 0 Å². The van der Waals surface area contributed by atoms with Gasteiger partial charge in [0, 0.05) is 12.3 Å². The van der Waals surface area contributed by atoms with Gasteiger partial charge in [-0.2, -0.15) is 0 Å². The van der Waals surface area contributed by atoms with Crippen LogP contribution in [0.2, 0.25) is 0 Å². The lowest BCUT2D eigenvalue weighted by Crippen LogP contribution is -2.09. The summed E-state index contributed by atoms with van der Waals surface area (Å²) >= 11 is 0. The SMILES string of the molecule is CC(C)C(=O)CCCN. The Morgan fingerprint density at radius 2 is 2.11 bits per heavy atom. The molecule has 2 heteroatoms. The van der Waals surface area contributed by atoms with Gasteiger partial charge < -0.3 is 5.73 Å². The summed E-state index contributed by atoms with van der Waals surface area (Å²) in [6.07, 6.45) is 1.48. The highest BCUT2D eigenvalue weighted by Crippen LogP contribution is 1.99. The quantitative estimate of drug-likeness (QED) is 0.614. The Morgan fingerprint density at radius 3 is 2.44 bits per heavy atom. The number of carbonyl (C=O) groups is 1. The largest absolute Gasteiger partial charge is 0.330 e. The van der Waals surface area contributed by atoms with Crippen molar-refractivity contribution in [3.8, 4) is 0 Å². The standard InChI is InChI=1S/C7H15NO/c1-6(2)7(9)4-3-5-8/h6H,3-5,8H2,1-2H3. The van der Waals surface area contributed by atoms with Crippen LogP contribution >= 0.6 is 0 Å². The third-order valence-corrected chi connectivity index (χ3v) is 1.27. The monoisotopic (exact) mass is 129 g/mol. The maximum atomic E-state index is 10.8. The van der Waals surface area contributed by atoms with Crippen LogP contribution in [0, 0.1) is 5.92 Å². The van der Waals surface area contributed by atoms with Crippen molar-refractivity contribution in [2.24, 2.45) is 11.7 Å². The number of Topliss-reactive ketones (excluding diaryl/α,β-unsaturated/α-hetero) is 1. The summed E-state index contributed by atoms with van der Waals surface area (Å²) in [5, 5.41) is 0. The van der Waals surface area contributed by atoms with Crippen molar-refractivity contribution in [1.82, 2.24) is 0 Å². The van der Waals surface area contributed by atoms with Crippen molar-refractivity contribution in [2.45, 2.75) is 26.7 Å². The van der Waals surface area contributed by atoms with Gasteiger partial charge >= 0.3 is 0 Å². The molecule has 0 bridgehead atoms. The highest BCUT2D eigenvalue weighted by molar-refractivity contribution is 5.80. The van der Waals surface area contributed by atoms with Crippen LogP contribution in [-0.4, -0.2) is 12.3 Å². The Morgan fingerprint density at radius 1 is 1.56 bits per heavy atom. The molecule has 0 aromatic rings. The molecule has 54 valence electrons. The third-order valence-electron chi connectivity index (χ3n) is 1.27. The summed E-state index contributed by atoms with van der Waals surface area (Å²) in [6, 6.07) is 0. The second kappa shape index (κ2) is 4.50. The molecule has 0 aromatic heterocycles. The van der Waals surface area contributed by atoms with E-state index in [4.69, 9.17) is 5.73 Å². The van der Waals surface area contributed by atoms with E-state index in [1.807, 2.05) is 13.8 Å². The molecule has 9 heavy (non-hydrogen) atoms. The lowest BCUT2D eigenvalue weighted by Gasteiger charge is -2.00. The summed E-state index contributed by atoms with van der Waals surface area (Å²) in [4.78, 5) is 10.8. The van der Waals surface area contributed by atoms with Gasteiger partial charge in [-0.1, -0.05) is 13.8 Å². The van der Waals surface area contributed by atoms with E-state index in [-0.39, 0.29) is 5.92 Å². The zero-order valence-corrected chi connectivity index (χ0v) is 6.18. The summed E-state index contributed by atoms with van der Waals surface area (Å²) in [7, 11) is 0. The van der Waals surface area contributed by atoms with Gasteiger partial charge in [0.25, 0.3) is 0 Å². The van der Waals surface area contributed by atoms with Crippen LogP contribution in [0.25, 0.3) is 0 Å². The van der Waals surface area contributed by atoms with E-state index in [0.29, 0.717) is 18.7 Å². The molecule has 0 aliphatic rings. The maximum Gasteiger partial charge on any atom is 0.135 e. The lowest BCUT2D eigenvalue weighted by molar-refractivity contribution is -0.121. The number of hydrogen-bond donors (Lipinski definition) is 1. The number of nitrogens with two attached hydrogens (primary N) is 1. The first-order valence-corrected chi connectivity index (χ1v) is 3.41. The smallest absolute Gasteiger partial charge is 0.135 e. The van der Waals surface area contributed by atoms with E-state index in [0.717, 1.165) is 6.42 Å². The molecule has 2 N–H and O–H groups in total. The van der Waals surface area contributed by atoms with Crippen molar-refractivity contribution in [2.75, 3.05) is 6.54 Å². The molecule has 0 aromatic carbocycles. The number of hydrogen-bond acceptors (Lipinski definition) is 2. The molecule has 0 saturated heterocycles. The molecule has 0 aliphatic carbocycles. The van der Waals surface area contributed by atoms with Crippen molar-refractivity contribution < 1.29 is 4.79 Å². The van der Waals surface area contributed by atoms with Crippen LogP contribution < -0.4 is 5.73 Å². The average Bonchev–Trinajstić information content (AvgIpc) is 1.82. The third kappa shape index (κ3) is 4.15. The summed E-state index contributed by atoms with van der Waals surface area (Å²) < 4.78 is 0. The van der Waals surface area contributed by atoms with E-state index in [1.165, 1.54) is 0 Å². The Bertz CT molecular complexity index is 88.9. The van der Waals surface area contributed by atoms with Gasteiger partial charge in [0.05, 0.1) is 0 Å². The predicted molar refractivity (Wildman–Crippen MR) is 38.1 cm³/mol. The zero-order valence-electron chi connectivity index (χ0n) is 6.18. The first-order valence-electron chi connectivity index (χ1n) is 3.41. The molecule has 0 amide bonds. The minimum atomic E-state index is 0.177. The Labute approximate surface area is 56.4 Å². The molecule has 0 heterocycles. The molecule has 0 aliphatic heterocycles. The molecular formula is C7H15NO. The molecule has 0 unspecified atom stereocenters. The van der Waals surface area contributed by atoms with Crippen molar-refractivity contribution in [3.63, 3.8) is 0 Å². The number of rotatable bonds is 4. The lowest BCUT2D eigenvalue weighted by atomic mass is 10.1. The zero-order chi connectivity index (χ0) is 7.28. The van der Waals surface area contributed by atoms with Gasteiger partial charge in [0.15, 0.2) is 0 Å². The van der Waals surface area contributed by atoms with Gasteiger partial charge in [-0.15, -0.1) is 0 Å². The van der Waals surface area contributed by atoms with Crippen LogP contribution in [0.4, 0.5) is 0 Å². The van der Waals surface area contributed by atoms with Gasteiger partial charge in [0.1, 0.15) is 5.78 Å². The maximum absolute atomic E-state index is 10.8. The second-order valence-corrected chi connectivity index (χ2v) is 2.51. The fourth-order valence-electron chi connectivity index (χ4n) is 0.565. The molecule has 0 atom stereocenters. The molecule has 2 nitrogen and oxygen atoms in total. The summed E-state index contributed by atoms with van der Waals surface area (Å²) in [5.74, 6) is 0.497. The van der Waals surface area contributed by atoms with E-state index in [9.17, 15) is 4.79 Å². The van der Waals surface area contributed by atoms with Gasteiger partial charge in [-0.3, -0.25) is 4.79 Å². The molecule has 0 saturated carbocycles. The molecule has 0 radical (unpaired) electrons. The van der Waals surface area contributed by atoms with Crippen molar-refractivity contribution in [1.29, 1.82) is 0 Å². The van der Waals surface area contributed by atoms with Crippen LogP contribution in [0.3, 0.4) is 0 Å². The molecule has 0 fully saturated rings. The fraction of sp³-hybridized carbons (Fsp3) is 0.857. The minimum Gasteiger partial charge on any atom is -0.330 e. The predicted octanol–water partition coefficient (Wildman–Crippen LogP) is 0.950. The van der Waals surface area contributed by atoms with Crippen LogP contribution in [0.1, 0.15) is 26.7 Å². The van der Waals surface area contributed by atoms with Crippen LogP contribution in [0.15, 0.2) is 0 Å². The highest BCUT2D eigenvalue weighted by atomic mass is 16.1. The number of ketones is 1. The Hall–Kier alpha value is -0.370. The topological polar surface area (TPSA) is 43.1 Å². The fourth-order valence-corrected chi connectivity index (χ4v) is 0.565. The summed E-state index contributed by atoms with van der Waals surface area (Å²) in [6.45, 7) is 4.45. The first kappa shape index (κ1) is 8.63. The Kier molecular flexibility index (Phi) is 4.32. The molecule has 0 rings (SSSR count). The minimum absolute atomic E-state index is 0.177. The van der Waals surface area contributed by atoms with Crippen LogP contribution in [0.5, 0.6) is 0 Å². The summed E-state index contributed by atoms with van der Waals surface area (Å²) in [5.41, 5.74) is 5.22. The molecular weight excluding hydrogens is 114 g/mol. The van der Waals surface area contributed by atoms with Gasteiger partial charge in [-0.25, -0.2) is 0 Å². The van der Waals surface area contributed by atoms with Crippen molar-refractivity contribution >= 4 is 5.78 Å². The van der Waals surface area contributed by atoms with Crippen LogP contribution in [-0.2, 0) is 4.79 Å². The normalized spacial score (nSPS) is 10.2. The van der Waals surface area contributed by atoms with Gasteiger partial charge in [-0.05, 0) is 13.0 Å². The molecule has 0 spiro atoms. The van der Waals surface area contributed by atoms with E-state index < -0.39 is 0 Å². The van der Waals surface area contributed by atoms with Gasteiger partial charge in [0.2, 0.25) is 0 Å². The van der Waals surface area contributed by atoms with E-state index in [1.54, 1.807) is 0 Å². The average molecular weight is 129 g/mol. The number of carbonyl (C=O) groups excluding carboxylic acids is 1. The second-order valence-electron chi connectivity index (χ2n) is 2.51. The van der Waals surface area contributed by atoms with Crippen molar-refractivity contribution in [3.05, 3.63) is 0 Å². The Balaban J connectivity index is 3.28. The first-order chi connectivity index (χ1) is 4.18. The van der Waals surface area contributed by atoms with E-state index >= 15 is 0 Å². The highest BCUT2D eigenvalue weighted by Gasteiger charge is 2.04.